The minimum absolute atomic E-state index is 0.215. The van der Waals surface area contributed by atoms with E-state index < -0.39 is 6.10 Å². The van der Waals surface area contributed by atoms with Gasteiger partial charge in [0.05, 0.1) is 6.10 Å². The summed E-state index contributed by atoms with van der Waals surface area (Å²) in [5.41, 5.74) is 0. The van der Waals surface area contributed by atoms with Crippen molar-refractivity contribution in [1.82, 2.24) is 0 Å². The van der Waals surface area contributed by atoms with Gasteiger partial charge in [-0.1, -0.05) is 6.08 Å². The van der Waals surface area contributed by atoms with Crippen molar-refractivity contribution in [3.63, 3.8) is 0 Å². The van der Waals surface area contributed by atoms with E-state index in [1.165, 1.54) is 6.92 Å². The van der Waals surface area contributed by atoms with E-state index in [-0.39, 0.29) is 12.1 Å². The zero-order valence-electron chi connectivity index (χ0n) is 5.78. The first-order valence-electron chi connectivity index (χ1n) is 3.22. The number of aliphatic hydroxyl groups excluding tert-OH is 1. The standard InChI is InChI=1S/C7H10O3/c1-5(8)10-7-3-2-6(9)4-7/h2-3,6-7,9H,4H2,1H3/t6-,7-/m1/s1. The summed E-state index contributed by atoms with van der Waals surface area (Å²) in [6.07, 6.45) is 3.18. The predicted octanol–water partition coefficient (Wildman–Crippen LogP) is 0.239. The SMILES string of the molecule is CC(=O)O[C@@H]1C=C[C@@H](O)C1. The van der Waals surface area contributed by atoms with E-state index >= 15 is 0 Å². The number of carbonyl (C=O) groups is 1. The summed E-state index contributed by atoms with van der Waals surface area (Å²) in [6.45, 7) is 1.36. The van der Waals surface area contributed by atoms with Gasteiger partial charge < -0.3 is 9.84 Å². The lowest BCUT2D eigenvalue weighted by atomic mass is 10.3. The lowest BCUT2D eigenvalue weighted by Crippen LogP contribution is -2.13. The minimum Gasteiger partial charge on any atom is -0.458 e. The Kier molecular flexibility index (Phi) is 2.06. The predicted molar refractivity (Wildman–Crippen MR) is 35.3 cm³/mol. The van der Waals surface area contributed by atoms with Crippen molar-refractivity contribution in [3.05, 3.63) is 12.2 Å². The Morgan fingerprint density at radius 2 is 2.40 bits per heavy atom. The molecule has 3 heteroatoms. The summed E-state index contributed by atoms with van der Waals surface area (Å²) in [7, 11) is 0. The van der Waals surface area contributed by atoms with Crippen LogP contribution in [-0.4, -0.2) is 23.3 Å². The van der Waals surface area contributed by atoms with Crippen molar-refractivity contribution >= 4 is 5.97 Å². The maximum atomic E-state index is 10.4. The molecule has 0 fully saturated rings. The van der Waals surface area contributed by atoms with Crippen LogP contribution < -0.4 is 0 Å². The molecule has 0 saturated heterocycles. The van der Waals surface area contributed by atoms with Gasteiger partial charge >= 0.3 is 5.97 Å². The molecule has 0 aromatic heterocycles. The number of hydrogen-bond donors (Lipinski definition) is 1. The van der Waals surface area contributed by atoms with Crippen molar-refractivity contribution in [2.24, 2.45) is 0 Å². The molecule has 0 saturated carbocycles. The highest BCUT2D eigenvalue weighted by atomic mass is 16.5. The van der Waals surface area contributed by atoms with Crippen molar-refractivity contribution < 1.29 is 14.6 Å². The maximum absolute atomic E-state index is 10.4. The number of aliphatic hydroxyl groups is 1. The van der Waals surface area contributed by atoms with Crippen molar-refractivity contribution in [2.45, 2.75) is 25.6 Å². The van der Waals surface area contributed by atoms with Gasteiger partial charge in [0.15, 0.2) is 0 Å². The average molecular weight is 142 g/mol. The van der Waals surface area contributed by atoms with Gasteiger partial charge in [-0.05, 0) is 6.08 Å². The van der Waals surface area contributed by atoms with Gasteiger partial charge in [0, 0.05) is 13.3 Å². The van der Waals surface area contributed by atoms with Crippen molar-refractivity contribution in [3.8, 4) is 0 Å². The number of ether oxygens (including phenoxy) is 1. The Morgan fingerprint density at radius 3 is 2.80 bits per heavy atom. The van der Waals surface area contributed by atoms with Gasteiger partial charge in [-0.15, -0.1) is 0 Å². The van der Waals surface area contributed by atoms with E-state index in [2.05, 4.69) is 0 Å². The molecule has 3 nitrogen and oxygen atoms in total. The highest BCUT2D eigenvalue weighted by Crippen LogP contribution is 2.13. The van der Waals surface area contributed by atoms with Crippen LogP contribution in [0.5, 0.6) is 0 Å². The van der Waals surface area contributed by atoms with Crippen LogP contribution >= 0.6 is 0 Å². The number of esters is 1. The quantitative estimate of drug-likeness (QED) is 0.421. The highest BCUT2D eigenvalue weighted by molar-refractivity contribution is 5.66. The van der Waals surface area contributed by atoms with Gasteiger partial charge in [0.2, 0.25) is 0 Å². The van der Waals surface area contributed by atoms with Crippen LogP contribution in [0, 0.1) is 0 Å². The normalized spacial score (nSPS) is 30.6. The smallest absolute Gasteiger partial charge is 0.303 e. The molecule has 0 heterocycles. The van der Waals surface area contributed by atoms with Crippen LogP contribution in [-0.2, 0) is 9.53 Å². The molecule has 1 N–H and O–H groups in total. The molecule has 0 radical (unpaired) electrons. The first-order chi connectivity index (χ1) is 4.68. The Labute approximate surface area is 59.3 Å². The first-order valence-corrected chi connectivity index (χ1v) is 3.22. The largest absolute Gasteiger partial charge is 0.458 e. The molecule has 1 aliphatic carbocycles. The third-order valence-corrected chi connectivity index (χ3v) is 1.34. The molecule has 10 heavy (non-hydrogen) atoms. The Hall–Kier alpha value is -0.830. The molecule has 2 atom stereocenters. The fourth-order valence-corrected chi connectivity index (χ4v) is 0.948. The highest BCUT2D eigenvalue weighted by Gasteiger charge is 2.18. The summed E-state index contributed by atoms with van der Waals surface area (Å²) < 4.78 is 4.80. The third kappa shape index (κ3) is 1.84. The average Bonchev–Trinajstić information content (AvgIpc) is 2.13. The second-order valence-corrected chi connectivity index (χ2v) is 2.34. The molecular weight excluding hydrogens is 132 g/mol. The van der Waals surface area contributed by atoms with Gasteiger partial charge in [-0.2, -0.15) is 0 Å². The lowest BCUT2D eigenvalue weighted by Gasteiger charge is -2.07. The zero-order chi connectivity index (χ0) is 7.56. The number of carbonyl (C=O) groups excluding carboxylic acids is 1. The number of rotatable bonds is 1. The molecule has 0 aromatic rings. The summed E-state index contributed by atoms with van der Waals surface area (Å²) in [5, 5.41) is 8.93. The van der Waals surface area contributed by atoms with Gasteiger partial charge in [0.25, 0.3) is 0 Å². The molecule has 0 aromatic carbocycles. The third-order valence-electron chi connectivity index (χ3n) is 1.34. The van der Waals surface area contributed by atoms with Crippen LogP contribution in [0.15, 0.2) is 12.2 Å². The van der Waals surface area contributed by atoms with Crippen LogP contribution in [0.4, 0.5) is 0 Å². The molecule has 0 unspecified atom stereocenters. The van der Waals surface area contributed by atoms with E-state index in [4.69, 9.17) is 9.84 Å². The second kappa shape index (κ2) is 2.84. The van der Waals surface area contributed by atoms with E-state index in [0.717, 1.165) is 0 Å². The fraction of sp³-hybridized carbons (Fsp3) is 0.571. The van der Waals surface area contributed by atoms with Crippen molar-refractivity contribution in [1.29, 1.82) is 0 Å². The molecule has 1 rings (SSSR count). The maximum Gasteiger partial charge on any atom is 0.303 e. The van der Waals surface area contributed by atoms with Crippen LogP contribution in [0.2, 0.25) is 0 Å². The monoisotopic (exact) mass is 142 g/mol. The van der Waals surface area contributed by atoms with Crippen LogP contribution in [0.3, 0.4) is 0 Å². The fourth-order valence-electron chi connectivity index (χ4n) is 0.948. The van der Waals surface area contributed by atoms with E-state index in [1.54, 1.807) is 12.2 Å². The molecular formula is C7H10O3. The molecule has 56 valence electrons. The molecule has 0 amide bonds. The summed E-state index contributed by atoms with van der Waals surface area (Å²) in [6, 6.07) is 0. The molecule has 0 bridgehead atoms. The zero-order valence-corrected chi connectivity index (χ0v) is 5.78. The summed E-state index contributed by atoms with van der Waals surface area (Å²) in [5.74, 6) is -0.302. The molecule has 1 aliphatic rings. The Balaban J connectivity index is 2.33. The van der Waals surface area contributed by atoms with Crippen molar-refractivity contribution in [2.75, 3.05) is 0 Å². The molecule has 0 aliphatic heterocycles. The number of hydrogen-bond acceptors (Lipinski definition) is 3. The summed E-state index contributed by atoms with van der Waals surface area (Å²) >= 11 is 0. The van der Waals surface area contributed by atoms with E-state index in [1.807, 2.05) is 0 Å². The lowest BCUT2D eigenvalue weighted by molar-refractivity contribution is -0.144. The second-order valence-electron chi connectivity index (χ2n) is 2.34. The van der Waals surface area contributed by atoms with Gasteiger partial charge in [-0.3, -0.25) is 4.79 Å². The summed E-state index contributed by atoms with van der Waals surface area (Å²) in [4.78, 5) is 10.4. The Bertz CT molecular complexity index is 162. The van der Waals surface area contributed by atoms with Gasteiger partial charge in [-0.25, -0.2) is 0 Å². The molecule has 0 spiro atoms. The van der Waals surface area contributed by atoms with Crippen LogP contribution in [0.25, 0.3) is 0 Å². The van der Waals surface area contributed by atoms with Gasteiger partial charge in [0.1, 0.15) is 6.10 Å². The minimum atomic E-state index is -0.440. The van der Waals surface area contributed by atoms with E-state index in [0.29, 0.717) is 6.42 Å². The first kappa shape index (κ1) is 7.28. The van der Waals surface area contributed by atoms with Crippen LogP contribution in [0.1, 0.15) is 13.3 Å². The van der Waals surface area contributed by atoms with E-state index in [9.17, 15) is 4.79 Å². The Morgan fingerprint density at radius 1 is 1.70 bits per heavy atom. The topological polar surface area (TPSA) is 46.5 Å².